The van der Waals surface area contributed by atoms with E-state index in [2.05, 4.69) is 0 Å². The second-order valence-electron chi connectivity index (χ2n) is 3.86. The first-order valence-electron chi connectivity index (χ1n) is 5.62. The first-order chi connectivity index (χ1) is 8.81. The third-order valence-corrected chi connectivity index (χ3v) is 2.57. The number of carbonyl (C=O) groups excluding carboxylic acids is 1. The SMILES string of the molecule is COCCN(Cc1ccoc1)C(=O)c1ccoc1. The van der Waals surface area contributed by atoms with E-state index >= 15 is 0 Å². The topological polar surface area (TPSA) is 55.8 Å². The van der Waals surface area contributed by atoms with Gasteiger partial charge in [-0.15, -0.1) is 0 Å². The molecule has 0 saturated heterocycles. The molecule has 96 valence electrons. The van der Waals surface area contributed by atoms with Crippen LogP contribution in [0, 0.1) is 0 Å². The van der Waals surface area contributed by atoms with Crippen LogP contribution in [0.25, 0.3) is 0 Å². The molecule has 5 heteroatoms. The van der Waals surface area contributed by atoms with E-state index in [1.807, 2.05) is 6.07 Å². The fourth-order valence-corrected chi connectivity index (χ4v) is 1.63. The zero-order valence-electron chi connectivity index (χ0n) is 10.2. The van der Waals surface area contributed by atoms with E-state index in [4.69, 9.17) is 13.6 Å². The number of nitrogens with zero attached hydrogens (tertiary/aromatic N) is 1. The van der Waals surface area contributed by atoms with Crippen molar-refractivity contribution in [1.29, 1.82) is 0 Å². The maximum Gasteiger partial charge on any atom is 0.257 e. The molecule has 2 aromatic heterocycles. The number of carbonyl (C=O) groups is 1. The average Bonchev–Trinajstić information content (AvgIpc) is 3.06. The minimum absolute atomic E-state index is 0.0815. The van der Waals surface area contributed by atoms with Crippen LogP contribution in [0.5, 0.6) is 0 Å². The van der Waals surface area contributed by atoms with Crippen molar-refractivity contribution >= 4 is 5.91 Å². The largest absolute Gasteiger partial charge is 0.472 e. The Bertz CT molecular complexity index is 461. The first kappa shape index (κ1) is 12.4. The molecule has 0 aliphatic rings. The Kier molecular flexibility index (Phi) is 4.20. The van der Waals surface area contributed by atoms with E-state index in [0.29, 0.717) is 25.3 Å². The van der Waals surface area contributed by atoms with Crippen molar-refractivity contribution < 1.29 is 18.4 Å². The van der Waals surface area contributed by atoms with Crippen LogP contribution in [0.2, 0.25) is 0 Å². The summed E-state index contributed by atoms with van der Waals surface area (Å²) in [6.07, 6.45) is 6.14. The highest BCUT2D eigenvalue weighted by Gasteiger charge is 2.17. The Morgan fingerprint density at radius 1 is 1.28 bits per heavy atom. The molecule has 0 radical (unpaired) electrons. The Balaban J connectivity index is 2.07. The summed E-state index contributed by atoms with van der Waals surface area (Å²) in [7, 11) is 1.61. The summed E-state index contributed by atoms with van der Waals surface area (Å²) >= 11 is 0. The average molecular weight is 249 g/mol. The second-order valence-corrected chi connectivity index (χ2v) is 3.86. The van der Waals surface area contributed by atoms with E-state index in [9.17, 15) is 4.79 Å². The molecule has 0 bridgehead atoms. The predicted molar refractivity (Wildman–Crippen MR) is 64.0 cm³/mol. The van der Waals surface area contributed by atoms with Crippen LogP contribution in [-0.4, -0.2) is 31.1 Å². The number of amides is 1. The molecule has 0 spiro atoms. The molecule has 0 aliphatic heterocycles. The van der Waals surface area contributed by atoms with Crippen LogP contribution in [0.15, 0.2) is 46.0 Å². The molecule has 0 N–H and O–H groups in total. The van der Waals surface area contributed by atoms with Crippen LogP contribution >= 0.6 is 0 Å². The quantitative estimate of drug-likeness (QED) is 0.787. The highest BCUT2D eigenvalue weighted by atomic mass is 16.5. The van der Waals surface area contributed by atoms with Crippen molar-refractivity contribution in [3.63, 3.8) is 0 Å². The van der Waals surface area contributed by atoms with Crippen LogP contribution in [0.3, 0.4) is 0 Å². The lowest BCUT2D eigenvalue weighted by molar-refractivity contribution is 0.0679. The van der Waals surface area contributed by atoms with Gasteiger partial charge in [0.1, 0.15) is 6.26 Å². The van der Waals surface area contributed by atoms with Gasteiger partial charge < -0.3 is 18.5 Å². The molecular formula is C13H15NO4. The molecule has 5 nitrogen and oxygen atoms in total. The first-order valence-corrected chi connectivity index (χ1v) is 5.62. The molecule has 2 heterocycles. The Hall–Kier alpha value is -2.01. The van der Waals surface area contributed by atoms with Gasteiger partial charge >= 0.3 is 0 Å². The zero-order chi connectivity index (χ0) is 12.8. The molecule has 0 fully saturated rings. The minimum atomic E-state index is -0.0815. The van der Waals surface area contributed by atoms with Gasteiger partial charge in [0, 0.05) is 25.8 Å². The maximum atomic E-state index is 12.2. The van der Waals surface area contributed by atoms with Crippen molar-refractivity contribution in [2.45, 2.75) is 6.54 Å². The number of hydrogen-bond acceptors (Lipinski definition) is 4. The zero-order valence-corrected chi connectivity index (χ0v) is 10.2. The number of ether oxygens (including phenoxy) is 1. The number of methoxy groups -OCH3 is 1. The lowest BCUT2D eigenvalue weighted by atomic mass is 10.2. The number of furan rings is 2. The normalized spacial score (nSPS) is 10.5. The van der Waals surface area contributed by atoms with Crippen molar-refractivity contribution in [2.24, 2.45) is 0 Å². The van der Waals surface area contributed by atoms with Crippen molar-refractivity contribution in [1.82, 2.24) is 4.90 Å². The minimum Gasteiger partial charge on any atom is -0.472 e. The fraction of sp³-hybridized carbons (Fsp3) is 0.308. The Labute approximate surface area is 105 Å². The summed E-state index contributed by atoms with van der Waals surface area (Å²) in [4.78, 5) is 13.9. The monoisotopic (exact) mass is 249 g/mol. The molecular weight excluding hydrogens is 234 g/mol. The fourth-order valence-electron chi connectivity index (χ4n) is 1.63. The summed E-state index contributed by atoms with van der Waals surface area (Å²) in [6, 6.07) is 3.49. The van der Waals surface area contributed by atoms with Gasteiger partial charge in [-0.25, -0.2) is 0 Å². The summed E-state index contributed by atoms with van der Waals surface area (Å²) in [5.41, 5.74) is 1.48. The summed E-state index contributed by atoms with van der Waals surface area (Å²) in [6.45, 7) is 1.50. The van der Waals surface area contributed by atoms with E-state index in [1.165, 1.54) is 12.5 Å². The van der Waals surface area contributed by atoms with Crippen molar-refractivity contribution in [2.75, 3.05) is 20.3 Å². The van der Waals surface area contributed by atoms with Crippen LogP contribution in [0.4, 0.5) is 0 Å². The molecule has 0 unspecified atom stereocenters. The third-order valence-electron chi connectivity index (χ3n) is 2.57. The molecule has 0 saturated carbocycles. The van der Waals surface area contributed by atoms with Gasteiger partial charge in [-0.3, -0.25) is 4.79 Å². The van der Waals surface area contributed by atoms with Gasteiger partial charge in [0.05, 0.1) is 31.0 Å². The Morgan fingerprint density at radius 2 is 2.06 bits per heavy atom. The standard InChI is InChI=1S/C13H15NO4/c1-16-7-4-14(8-11-2-5-17-9-11)13(15)12-3-6-18-10-12/h2-3,5-6,9-10H,4,7-8H2,1H3. The highest BCUT2D eigenvalue weighted by molar-refractivity contribution is 5.93. The van der Waals surface area contributed by atoms with Gasteiger partial charge in [-0.05, 0) is 12.1 Å². The van der Waals surface area contributed by atoms with Crippen LogP contribution in [-0.2, 0) is 11.3 Å². The lowest BCUT2D eigenvalue weighted by Gasteiger charge is -2.20. The van der Waals surface area contributed by atoms with E-state index in [-0.39, 0.29) is 5.91 Å². The van der Waals surface area contributed by atoms with Crippen LogP contribution < -0.4 is 0 Å². The van der Waals surface area contributed by atoms with Gasteiger partial charge in [0.15, 0.2) is 0 Å². The smallest absolute Gasteiger partial charge is 0.257 e. The molecule has 2 rings (SSSR count). The predicted octanol–water partition coefficient (Wildman–Crippen LogP) is 2.16. The van der Waals surface area contributed by atoms with Crippen LogP contribution in [0.1, 0.15) is 15.9 Å². The van der Waals surface area contributed by atoms with Crippen molar-refractivity contribution in [3.05, 3.63) is 48.3 Å². The highest BCUT2D eigenvalue weighted by Crippen LogP contribution is 2.11. The van der Waals surface area contributed by atoms with Gasteiger partial charge in [-0.2, -0.15) is 0 Å². The molecule has 0 aromatic carbocycles. The maximum absolute atomic E-state index is 12.2. The van der Waals surface area contributed by atoms with Gasteiger partial charge in [0.25, 0.3) is 5.91 Å². The molecule has 0 aliphatic carbocycles. The summed E-state index contributed by atoms with van der Waals surface area (Å²) in [5.74, 6) is -0.0815. The number of hydrogen-bond donors (Lipinski definition) is 0. The third kappa shape index (κ3) is 3.01. The number of rotatable bonds is 6. The van der Waals surface area contributed by atoms with Gasteiger partial charge in [0.2, 0.25) is 0 Å². The molecule has 0 atom stereocenters. The van der Waals surface area contributed by atoms with E-state index in [0.717, 1.165) is 5.56 Å². The van der Waals surface area contributed by atoms with Gasteiger partial charge in [-0.1, -0.05) is 0 Å². The summed E-state index contributed by atoms with van der Waals surface area (Å²) < 4.78 is 14.9. The Morgan fingerprint density at radius 3 is 2.67 bits per heavy atom. The van der Waals surface area contributed by atoms with E-state index in [1.54, 1.807) is 30.6 Å². The van der Waals surface area contributed by atoms with Crippen molar-refractivity contribution in [3.8, 4) is 0 Å². The summed E-state index contributed by atoms with van der Waals surface area (Å²) in [5, 5.41) is 0. The molecule has 2 aromatic rings. The van der Waals surface area contributed by atoms with E-state index < -0.39 is 0 Å². The molecule has 1 amide bonds. The lowest BCUT2D eigenvalue weighted by Crippen LogP contribution is -2.33. The second kappa shape index (κ2) is 6.07. The molecule has 18 heavy (non-hydrogen) atoms.